The quantitative estimate of drug-likeness (QED) is 0.662. The number of hydrogen-bond donors (Lipinski definition) is 1. The summed E-state index contributed by atoms with van der Waals surface area (Å²) in [6.07, 6.45) is 2.34. The first kappa shape index (κ1) is 18.1. The smallest absolute Gasteiger partial charge is 0.259 e. The number of rotatable bonds is 6. The van der Waals surface area contributed by atoms with Crippen LogP contribution in [0.25, 0.3) is 11.5 Å². The second-order valence-electron chi connectivity index (χ2n) is 5.56. The van der Waals surface area contributed by atoms with E-state index in [9.17, 15) is 9.18 Å². The van der Waals surface area contributed by atoms with Gasteiger partial charge in [0.2, 0.25) is 5.91 Å². The highest BCUT2D eigenvalue weighted by Crippen LogP contribution is 2.21. The van der Waals surface area contributed by atoms with Gasteiger partial charge in [0.15, 0.2) is 5.82 Å². The molecule has 3 rings (SSSR count). The van der Waals surface area contributed by atoms with Crippen LogP contribution in [0, 0.1) is 12.7 Å². The van der Waals surface area contributed by atoms with Crippen LogP contribution in [0.15, 0.2) is 46.1 Å². The highest BCUT2D eigenvalue weighted by molar-refractivity contribution is 7.99. The minimum atomic E-state index is -0.297. The normalized spacial score (nSPS) is 10.7. The fraction of sp³-hybridized carbons (Fsp3) is 0.222. The van der Waals surface area contributed by atoms with Crippen molar-refractivity contribution in [1.29, 1.82) is 0 Å². The Balaban J connectivity index is 1.55. The molecular formula is C18H17FN4O2S. The maximum Gasteiger partial charge on any atom is 0.259 e. The zero-order chi connectivity index (χ0) is 18.5. The lowest BCUT2D eigenvalue weighted by molar-refractivity contribution is -0.113. The summed E-state index contributed by atoms with van der Waals surface area (Å²) in [4.78, 5) is 20.6. The van der Waals surface area contributed by atoms with Gasteiger partial charge in [0.25, 0.3) is 5.89 Å². The monoisotopic (exact) mass is 372 g/mol. The van der Waals surface area contributed by atoms with Gasteiger partial charge in [-0.15, -0.1) is 0 Å². The zero-order valence-corrected chi connectivity index (χ0v) is 15.1. The van der Waals surface area contributed by atoms with Crippen LogP contribution in [0.2, 0.25) is 0 Å². The predicted octanol–water partition coefficient (Wildman–Crippen LogP) is 3.87. The molecule has 0 spiro atoms. The molecule has 1 aromatic carbocycles. The molecule has 0 bridgehead atoms. The van der Waals surface area contributed by atoms with Gasteiger partial charge in [0, 0.05) is 18.3 Å². The summed E-state index contributed by atoms with van der Waals surface area (Å²) < 4.78 is 18.4. The average molecular weight is 372 g/mol. The van der Waals surface area contributed by atoms with Crippen LogP contribution in [-0.2, 0) is 11.2 Å². The number of pyridine rings is 1. The Hall–Kier alpha value is -2.74. The number of anilines is 1. The first-order chi connectivity index (χ1) is 12.5. The second kappa shape index (κ2) is 8.09. The lowest BCUT2D eigenvalue weighted by Gasteiger charge is -2.06. The van der Waals surface area contributed by atoms with Gasteiger partial charge in [-0.25, -0.2) is 9.37 Å². The first-order valence-corrected chi connectivity index (χ1v) is 9.01. The number of aromatic nitrogens is 3. The summed E-state index contributed by atoms with van der Waals surface area (Å²) in [7, 11) is 0. The van der Waals surface area contributed by atoms with Gasteiger partial charge in [-0.2, -0.15) is 4.98 Å². The molecule has 1 amide bonds. The van der Waals surface area contributed by atoms with E-state index in [4.69, 9.17) is 4.52 Å². The summed E-state index contributed by atoms with van der Waals surface area (Å²) in [5.41, 5.74) is 1.79. The molecule has 8 heteroatoms. The van der Waals surface area contributed by atoms with Crippen molar-refractivity contribution in [2.45, 2.75) is 25.3 Å². The molecule has 0 aliphatic rings. The molecule has 26 heavy (non-hydrogen) atoms. The lowest BCUT2D eigenvalue weighted by atomic mass is 10.2. The van der Waals surface area contributed by atoms with Crippen LogP contribution in [0.5, 0.6) is 0 Å². The van der Waals surface area contributed by atoms with E-state index in [1.165, 1.54) is 23.9 Å². The second-order valence-corrected chi connectivity index (χ2v) is 6.55. The van der Waals surface area contributed by atoms with E-state index < -0.39 is 0 Å². The Morgan fingerprint density at radius 3 is 2.81 bits per heavy atom. The van der Waals surface area contributed by atoms with Gasteiger partial charge < -0.3 is 9.84 Å². The van der Waals surface area contributed by atoms with Crippen molar-refractivity contribution in [3.05, 3.63) is 53.7 Å². The largest absolute Gasteiger partial charge is 0.334 e. The molecular weight excluding hydrogens is 355 g/mol. The van der Waals surface area contributed by atoms with E-state index in [1.807, 2.05) is 13.0 Å². The van der Waals surface area contributed by atoms with E-state index in [0.717, 1.165) is 5.56 Å². The molecule has 0 atom stereocenters. The van der Waals surface area contributed by atoms with Crippen LogP contribution < -0.4 is 5.32 Å². The standard InChI is InChI=1S/C18H17FN4O2S/c1-3-15-22-18(25-23-15)12-4-7-17(20-9-12)26-10-16(24)21-13-5-6-14(19)11(2)8-13/h4-9H,3,10H2,1-2H3,(H,21,24). The molecule has 3 aromatic rings. The number of aryl methyl sites for hydroxylation is 2. The molecule has 0 fully saturated rings. The zero-order valence-electron chi connectivity index (χ0n) is 14.3. The van der Waals surface area contributed by atoms with Crippen molar-refractivity contribution < 1.29 is 13.7 Å². The SMILES string of the molecule is CCc1noc(-c2ccc(SCC(=O)Nc3ccc(F)c(C)c3)nc2)n1. The van der Waals surface area contributed by atoms with Crippen molar-refractivity contribution in [1.82, 2.24) is 15.1 Å². The molecule has 2 heterocycles. The number of benzene rings is 1. The van der Waals surface area contributed by atoms with Crippen LogP contribution in [0.3, 0.4) is 0 Å². The third-order valence-electron chi connectivity index (χ3n) is 3.56. The van der Waals surface area contributed by atoms with E-state index in [0.29, 0.717) is 34.4 Å². The van der Waals surface area contributed by atoms with Gasteiger partial charge in [0.05, 0.1) is 16.3 Å². The summed E-state index contributed by atoms with van der Waals surface area (Å²) in [6.45, 7) is 3.60. The summed E-state index contributed by atoms with van der Waals surface area (Å²) in [5, 5.41) is 7.29. The van der Waals surface area contributed by atoms with Crippen LogP contribution >= 0.6 is 11.8 Å². The highest BCUT2D eigenvalue weighted by Gasteiger charge is 2.10. The average Bonchev–Trinajstić information content (AvgIpc) is 3.13. The van der Waals surface area contributed by atoms with Crippen molar-refractivity contribution in [3.63, 3.8) is 0 Å². The number of carbonyl (C=O) groups excluding carboxylic acids is 1. The van der Waals surface area contributed by atoms with Crippen LogP contribution in [0.1, 0.15) is 18.3 Å². The molecule has 0 unspecified atom stereocenters. The van der Waals surface area contributed by atoms with Gasteiger partial charge in [-0.1, -0.05) is 23.8 Å². The first-order valence-electron chi connectivity index (χ1n) is 8.03. The fourth-order valence-electron chi connectivity index (χ4n) is 2.17. The lowest BCUT2D eigenvalue weighted by Crippen LogP contribution is -2.14. The molecule has 0 saturated carbocycles. The minimum absolute atomic E-state index is 0.184. The van der Waals surface area contributed by atoms with Gasteiger partial charge in [-0.05, 0) is 42.8 Å². The third kappa shape index (κ3) is 4.45. The van der Waals surface area contributed by atoms with Crippen molar-refractivity contribution >= 4 is 23.4 Å². The van der Waals surface area contributed by atoms with Crippen LogP contribution in [0.4, 0.5) is 10.1 Å². The number of nitrogens with one attached hydrogen (secondary N) is 1. The predicted molar refractivity (Wildman–Crippen MR) is 97.4 cm³/mol. The Morgan fingerprint density at radius 2 is 2.15 bits per heavy atom. The topological polar surface area (TPSA) is 80.9 Å². The van der Waals surface area contributed by atoms with Gasteiger partial charge in [0.1, 0.15) is 5.82 Å². The molecule has 2 aromatic heterocycles. The maximum atomic E-state index is 13.2. The Bertz CT molecular complexity index is 912. The number of thioether (sulfide) groups is 1. The molecule has 6 nitrogen and oxygen atoms in total. The van der Waals surface area contributed by atoms with E-state index in [-0.39, 0.29) is 17.5 Å². The highest BCUT2D eigenvalue weighted by atomic mass is 32.2. The fourth-order valence-corrected chi connectivity index (χ4v) is 2.81. The number of carbonyl (C=O) groups is 1. The van der Waals surface area contributed by atoms with Crippen LogP contribution in [-0.4, -0.2) is 26.8 Å². The Kier molecular flexibility index (Phi) is 5.62. The van der Waals surface area contributed by atoms with E-state index in [2.05, 4.69) is 20.4 Å². The minimum Gasteiger partial charge on any atom is -0.334 e. The number of amides is 1. The van der Waals surface area contributed by atoms with Gasteiger partial charge in [-0.3, -0.25) is 4.79 Å². The summed E-state index contributed by atoms with van der Waals surface area (Å²) in [5.74, 6) is 0.787. The number of halogens is 1. The third-order valence-corrected chi connectivity index (χ3v) is 4.50. The molecule has 0 aliphatic carbocycles. The molecule has 134 valence electrons. The number of nitrogens with zero attached hydrogens (tertiary/aromatic N) is 3. The Morgan fingerprint density at radius 1 is 1.31 bits per heavy atom. The Labute approximate surface area is 154 Å². The summed E-state index contributed by atoms with van der Waals surface area (Å²) in [6, 6.07) is 8.08. The maximum absolute atomic E-state index is 13.2. The van der Waals surface area contributed by atoms with Crippen molar-refractivity contribution in [2.24, 2.45) is 0 Å². The molecule has 0 aliphatic heterocycles. The van der Waals surface area contributed by atoms with Crippen molar-refractivity contribution in [2.75, 3.05) is 11.1 Å². The van der Waals surface area contributed by atoms with Crippen molar-refractivity contribution in [3.8, 4) is 11.5 Å². The number of hydrogen-bond acceptors (Lipinski definition) is 6. The molecule has 1 N–H and O–H groups in total. The van der Waals surface area contributed by atoms with E-state index in [1.54, 1.807) is 25.3 Å². The molecule has 0 saturated heterocycles. The summed E-state index contributed by atoms with van der Waals surface area (Å²) >= 11 is 1.30. The molecule has 0 radical (unpaired) electrons. The van der Waals surface area contributed by atoms with E-state index >= 15 is 0 Å². The van der Waals surface area contributed by atoms with Gasteiger partial charge >= 0.3 is 0 Å².